The Morgan fingerprint density at radius 3 is 2.44 bits per heavy atom. The first-order valence-corrected chi connectivity index (χ1v) is 4.90. The van der Waals surface area contributed by atoms with E-state index in [-0.39, 0.29) is 5.56 Å². The highest BCUT2D eigenvalue weighted by Crippen LogP contribution is 2.31. The average molecular weight is 251 g/mol. The molecule has 0 heterocycles. The van der Waals surface area contributed by atoms with Crippen LogP contribution in [0, 0.1) is 17.7 Å². The van der Waals surface area contributed by atoms with Crippen LogP contribution in [0.25, 0.3) is 0 Å². The minimum absolute atomic E-state index is 0.204. The molecular weight excluding hydrogens is 244 g/mol. The Bertz CT molecular complexity index is 426. The van der Waals surface area contributed by atoms with Crippen LogP contribution in [0.15, 0.2) is 18.2 Å². The van der Waals surface area contributed by atoms with Crippen LogP contribution in [-0.4, -0.2) is 5.88 Å². The Hall–Kier alpha value is -1.21. The molecule has 0 saturated heterocycles. The van der Waals surface area contributed by atoms with Crippen LogP contribution >= 0.6 is 11.6 Å². The van der Waals surface area contributed by atoms with E-state index in [1.807, 2.05) is 0 Å². The molecule has 0 aliphatic heterocycles. The quantitative estimate of drug-likeness (QED) is 0.404. The van der Waals surface area contributed by atoms with Crippen LogP contribution in [0.3, 0.4) is 0 Å². The summed E-state index contributed by atoms with van der Waals surface area (Å²) in [5, 5.41) is 0. The van der Waals surface area contributed by atoms with E-state index in [1.54, 1.807) is 0 Å². The summed E-state index contributed by atoms with van der Waals surface area (Å²) in [7, 11) is 0. The van der Waals surface area contributed by atoms with Crippen molar-refractivity contribution in [1.82, 2.24) is 0 Å². The Kier molecular flexibility index (Phi) is 4.19. The molecule has 0 radical (unpaired) electrons. The lowest BCUT2D eigenvalue weighted by molar-refractivity contribution is -0.140. The first-order valence-electron chi connectivity index (χ1n) is 4.36. The van der Waals surface area contributed by atoms with Gasteiger partial charge in [-0.2, -0.15) is 13.2 Å². The summed E-state index contributed by atoms with van der Waals surface area (Å²) >= 11 is 5.36. The van der Waals surface area contributed by atoms with Crippen molar-refractivity contribution in [2.24, 2.45) is 0 Å². The van der Waals surface area contributed by atoms with Crippen LogP contribution in [-0.2, 0) is 6.18 Å². The maximum atomic E-state index is 13.0. The van der Waals surface area contributed by atoms with E-state index in [9.17, 15) is 17.6 Å². The van der Waals surface area contributed by atoms with E-state index >= 15 is 0 Å². The van der Waals surface area contributed by atoms with Gasteiger partial charge in [-0.1, -0.05) is 11.8 Å². The molecule has 0 unspecified atom stereocenters. The topological polar surface area (TPSA) is 0 Å². The molecule has 0 aliphatic carbocycles. The molecule has 0 bridgehead atoms. The molecule has 0 saturated carbocycles. The molecule has 0 atom stereocenters. The van der Waals surface area contributed by atoms with Gasteiger partial charge in [0.25, 0.3) is 0 Å². The number of benzene rings is 1. The van der Waals surface area contributed by atoms with E-state index in [2.05, 4.69) is 11.8 Å². The lowest BCUT2D eigenvalue weighted by Gasteiger charge is -2.07. The fourth-order valence-corrected chi connectivity index (χ4v) is 1.13. The summed E-state index contributed by atoms with van der Waals surface area (Å²) in [6.07, 6.45) is -4.27. The van der Waals surface area contributed by atoms with Crippen molar-refractivity contribution in [3.63, 3.8) is 0 Å². The summed E-state index contributed by atoms with van der Waals surface area (Å²) < 4.78 is 49.6. The van der Waals surface area contributed by atoms with E-state index in [1.165, 1.54) is 0 Å². The molecule has 86 valence electrons. The second-order valence-electron chi connectivity index (χ2n) is 2.93. The smallest absolute Gasteiger partial charge is 0.206 e. The zero-order valence-corrected chi connectivity index (χ0v) is 8.79. The van der Waals surface area contributed by atoms with Crippen molar-refractivity contribution in [2.75, 3.05) is 5.88 Å². The third-order valence-electron chi connectivity index (χ3n) is 1.73. The predicted molar refractivity (Wildman–Crippen MR) is 53.6 cm³/mol. The zero-order chi connectivity index (χ0) is 12.2. The van der Waals surface area contributed by atoms with E-state index < -0.39 is 17.6 Å². The Morgan fingerprint density at radius 2 is 1.94 bits per heavy atom. The highest BCUT2D eigenvalue weighted by molar-refractivity contribution is 6.18. The first-order chi connectivity index (χ1) is 7.45. The van der Waals surface area contributed by atoms with E-state index in [4.69, 9.17) is 11.6 Å². The largest absolute Gasteiger partial charge is 0.419 e. The summed E-state index contributed by atoms with van der Waals surface area (Å²) in [6.45, 7) is 0. The van der Waals surface area contributed by atoms with Gasteiger partial charge in [-0.25, -0.2) is 4.39 Å². The molecule has 0 nitrogen and oxygen atoms in total. The zero-order valence-electron chi connectivity index (χ0n) is 8.04. The number of hydrogen-bond acceptors (Lipinski definition) is 0. The van der Waals surface area contributed by atoms with E-state index in [0.717, 1.165) is 12.1 Å². The van der Waals surface area contributed by atoms with Crippen LogP contribution in [0.1, 0.15) is 17.5 Å². The van der Waals surface area contributed by atoms with Gasteiger partial charge in [0.2, 0.25) is 0 Å². The second kappa shape index (κ2) is 5.22. The summed E-state index contributed by atoms with van der Waals surface area (Å²) in [6, 6.07) is 2.58. The molecule has 0 aromatic heterocycles. The highest BCUT2D eigenvalue weighted by Gasteiger charge is 2.33. The standard InChI is InChI=1S/C11H7ClF4/c12-6-2-1-3-8-4-5-9(10(13)7-8)11(14,15)16/h4-5,7H,2,6H2. The van der Waals surface area contributed by atoms with Gasteiger partial charge >= 0.3 is 6.18 Å². The van der Waals surface area contributed by atoms with Gasteiger partial charge in [-0.3, -0.25) is 0 Å². The van der Waals surface area contributed by atoms with Gasteiger partial charge in [-0.05, 0) is 18.2 Å². The second-order valence-corrected chi connectivity index (χ2v) is 3.31. The fraction of sp³-hybridized carbons (Fsp3) is 0.273. The lowest BCUT2D eigenvalue weighted by atomic mass is 10.1. The molecule has 0 spiro atoms. The molecule has 16 heavy (non-hydrogen) atoms. The van der Waals surface area contributed by atoms with Crippen molar-refractivity contribution in [3.8, 4) is 11.8 Å². The van der Waals surface area contributed by atoms with Crippen LogP contribution < -0.4 is 0 Å². The number of hydrogen-bond donors (Lipinski definition) is 0. The third kappa shape index (κ3) is 3.42. The summed E-state index contributed by atoms with van der Waals surface area (Å²) in [5.74, 6) is 4.15. The molecule has 0 aliphatic rings. The van der Waals surface area contributed by atoms with Gasteiger partial charge in [0.05, 0.1) is 5.56 Å². The Morgan fingerprint density at radius 1 is 1.25 bits per heavy atom. The fourth-order valence-electron chi connectivity index (χ4n) is 1.03. The summed E-state index contributed by atoms with van der Waals surface area (Å²) in [4.78, 5) is 0. The average Bonchev–Trinajstić information content (AvgIpc) is 2.16. The number of rotatable bonds is 1. The minimum Gasteiger partial charge on any atom is -0.206 e. The summed E-state index contributed by atoms with van der Waals surface area (Å²) in [5.41, 5.74) is -1.08. The maximum Gasteiger partial charge on any atom is 0.419 e. The van der Waals surface area contributed by atoms with Gasteiger partial charge in [0.1, 0.15) is 5.82 Å². The Balaban J connectivity index is 2.97. The Labute approximate surface area is 95.2 Å². The monoisotopic (exact) mass is 250 g/mol. The molecule has 1 aromatic rings. The van der Waals surface area contributed by atoms with Crippen LogP contribution in [0.2, 0.25) is 0 Å². The molecule has 1 aromatic carbocycles. The van der Waals surface area contributed by atoms with E-state index in [0.29, 0.717) is 18.4 Å². The SMILES string of the molecule is Fc1cc(C#CCCCl)ccc1C(F)(F)F. The predicted octanol–water partition coefficient (Wildman–Crippen LogP) is 3.82. The van der Waals surface area contributed by atoms with Gasteiger partial charge in [-0.15, -0.1) is 11.6 Å². The molecule has 1 rings (SSSR count). The van der Waals surface area contributed by atoms with Gasteiger partial charge in [0, 0.05) is 17.9 Å². The van der Waals surface area contributed by atoms with Crippen molar-refractivity contribution < 1.29 is 17.6 Å². The molecular formula is C11H7ClF4. The molecule has 5 heteroatoms. The lowest BCUT2D eigenvalue weighted by Crippen LogP contribution is -2.07. The van der Waals surface area contributed by atoms with Crippen molar-refractivity contribution in [3.05, 3.63) is 35.1 Å². The molecule has 0 N–H and O–H groups in total. The van der Waals surface area contributed by atoms with Crippen LogP contribution in [0.5, 0.6) is 0 Å². The van der Waals surface area contributed by atoms with Crippen LogP contribution in [0.4, 0.5) is 17.6 Å². The number of alkyl halides is 4. The van der Waals surface area contributed by atoms with Crippen molar-refractivity contribution in [1.29, 1.82) is 0 Å². The highest BCUT2D eigenvalue weighted by atomic mass is 35.5. The first kappa shape index (κ1) is 12.9. The molecule has 0 fully saturated rings. The van der Waals surface area contributed by atoms with Gasteiger partial charge < -0.3 is 0 Å². The minimum atomic E-state index is -4.67. The van der Waals surface area contributed by atoms with Crippen molar-refractivity contribution >= 4 is 11.6 Å². The molecule has 0 amide bonds. The normalized spacial score (nSPS) is 10.8. The van der Waals surface area contributed by atoms with Crippen molar-refractivity contribution in [2.45, 2.75) is 12.6 Å². The van der Waals surface area contributed by atoms with Gasteiger partial charge in [0.15, 0.2) is 0 Å². The number of halogens is 5. The maximum absolute atomic E-state index is 13.0. The third-order valence-corrected chi connectivity index (χ3v) is 1.92.